The SMILES string of the molecule is CC(N)CCCC(=O)N[C@@H](C)c1cccnc1. The fourth-order valence-corrected chi connectivity index (χ4v) is 1.61. The second-order valence-electron chi connectivity index (χ2n) is 4.45. The van der Waals surface area contributed by atoms with Crippen molar-refractivity contribution in [2.75, 3.05) is 0 Å². The van der Waals surface area contributed by atoms with Gasteiger partial charge in [-0.15, -0.1) is 0 Å². The van der Waals surface area contributed by atoms with Crippen LogP contribution in [0.1, 0.15) is 44.7 Å². The number of rotatable bonds is 6. The number of hydrogen-bond donors (Lipinski definition) is 2. The van der Waals surface area contributed by atoms with Crippen LogP contribution < -0.4 is 11.1 Å². The number of aromatic nitrogens is 1. The van der Waals surface area contributed by atoms with Crippen LogP contribution in [0.5, 0.6) is 0 Å². The lowest BCUT2D eigenvalue weighted by Crippen LogP contribution is -2.26. The lowest BCUT2D eigenvalue weighted by molar-refractivity contribution is -0.121. The summed E-state index contributed by atoms with van der Waals surface area (Å²) in [5.74, 6) is 0.0713. The molecule has 0 saturated carbocycles. The molecule has 0 spiro atoms. The molecule has 4 heteroatoms. The van der Waals surface area contributed by atoms with Gasteiger partial charge in [-0.1, -0.05) is 6.07 Å². The maximum absolute atomic E-state index is 11.6. The number of amides is 1. The summed E-state index contributed by atoms with van der Waals surface area (Å²) in [6.07, 6.45) is 5.75. The van der Waals surface area contributed by atoms with E-state index in [-0.39, 0.29) is 18.0 Å². The van der Waals surface area contributed by atoms with Crippen molar-refractivity contribution in [3.8, 4) is 0 Å². The molecule has 0 radical (unpaired) electrons. The molecule has 3 N–H and O–H groups in total. The van der Waals surface area contributed by atoms with Gasteiger partial charge in [0.1, 0.15) is 0 Å². The summed E-state index contributed by atoms with van der Waals surface area (Å²) in [6.45, 7) is 3.91. The van der Waals surface area contributed by atoms with E-state index in [0.29, 0.717) is 6.42 Å². The van der Waals surface area contributed by atoms with Crippen LogP contribution in [0, 0.1) is 0 Å². The molecule has 0 aliphatic rings. The quantitative estimate of drug-likeness (QED) is 0.789. The Morgan fingerprint density at radius 2 is 2.29 bits per heavy atom. The van der Waals surface area contributed by atoms with E-state index in [9.17, 15) is 4.79 Å². The second-order valence-corrected chi connectivity index (χ2v) is 4.45. The third kappa shape index (κ3) is 5.45. The average Bonchev–Trinajstić information content (AvgIpc) is 2.29. The zero-order chi connectivity index (χ0) is 12.7. The molecule has 2 atom stereocenters. The van der Waals surface area contributed by atoms with Crippen LogP contribution in [0.2, 0.25) is 0 Å². The molecule has 0 bridgehead atoms. The molecule has 94 valence electrons. The highest BCUT2D eigenvalue weighted by Gasteiger charge is 2.09. The van der Waals surface area contributed by atoms with E-state index in [1.807, 2.05) is 26.0 Å². The average molecular weight is 235 g/mol. The van der Waals surface area contributed by atoms with Gasteiger partial charge in [0.15, 0.2) is 0 Å². The number of nitrogens with one attached hydrogen (secondary N) is 1. The lowest BCUT2D eigenvalue weighted by Gasteiger charge is -2.14. The molecule has 17 heavy (non-hydrogen) atoms. The summed E-state index contributed by atoms with van der Waals surface area (Å²) in [5.41, 5.74) is 6.65. The summed E-state index contributed by atoms with van der Waals surface area (Å²) in [5, 5.41) is 2.95. The number of nitrogens with two attached hydrogens (primary N) is 1. The normalized spacial score (nSPS) is 14.1. The molecule has 1 aromatic rings. The molecule has 0 aliphatic carbocycles. The minimum atomic E-state index is 0.00602. The highest BCUT2D eigenvalue weighted by atomic mass is 16.1. The van der Waals surface area contributed by atoms with Gasteiger partial charge in [0.25, 0.3) is 0 Å². The Hall–Kier alpha value is -1.42. The van der Waals surface area contributed by atoms with Crippen LogP contribution >= 0.6 is 0 Å². The molecule has 1 rings (SSSR count). The van der Waals surface area contributed by atoms with Crippen LogP contribution in [-0.2, 0) is 4.79 Å². The van der Waals surface area contributed by atoms with Crippen LogP contribution in [0.25, 0.3) is 0 Å². The van der Waals surface area contributed by atoms with Crippen molar-refractivity contribution in [1.82, 2.24) is 10.3 Å². The Labute approximate surface area is 103 Å². The fraction of sp³-hybridized carbons (Fsp3) is 0.538. The standard InChI is InChI=1S/C13H21N3O/c1-10(14)5-3-7-13(17)16-11(2)12-6-4-8-15-9-12/h4,6,8-11H,3,5,7,14H2,1-2H3,(H,16,17)/t10?,11-/m0/s1. The van der Waals surface area contributed by atoms with E-state index in [0.717, 1.165) is 18.4 Å². The van der Waals surface area contributed by atoms with E-state index in [1.54, 1.807) is 12.4 Å². The number of pyridine rings is 1. The molecule has 1 aromatic heterocycles. The molecule has 0 saturated heterocycles. The second kappa shape index (κ2) is 7.01. The van der Waals surface area contributed by atoms with Gasteiger partial charge < -0.3 is 11.1 Å². The highest BCUT2D eigenvalue weighted by molar-refractivity contribution is 5.76. The number of nitrogens with zero attached hydrogens (tertiary/aromatic N) is 1. The fourth-order valence-electron chi connectivity index (χ4n) is 1.61. The summed E-state index contributed by atoms with van der Waals surface area (Å²) in [6, 6.07) is 4.00. The maximum Gasteiger partial charge on any atom is 0.220 e. The Morgan fingerprint density at radius 3 is 2.88 bits per heavy atom. The molecular weight excluding hydrogens is 214 g/mol. The zero-order valence-corrected chi connectivity index (χ0v) is 10.5. The summed E-state index contributed by atoms with van der Waals surface area (Å²) in [7, 11) is 0. The van der Waals surface area contributed by atoms with E-state index >= 15 is 0 Å². The summed E-state index contributed by atoms with van der Waals surface area (Å²) >= 11 is 0. The van der Waals surface area contributed by atoms with Crippen molar-refractivity contribution in [3.63, 3.8) is 0 Å². The minimum absolute atomic E-state index is 0.00602. The molecular formula is C13H21N3O. The number of hydrogen-bond acceptors (Lipinski definition) is 3. The molecule has 1 amide bonds. The summed E-state index contributed by atoms with van der Waals surface area (Å²) in [4.78, 5) is 15.7. The Bertz CT molecular complexity index is 338. The Kier molecular flexibility index (Phi) is 5.63. The summed E-state index contributed by atoms with van der Waals surface area (Å²) < 4.78 is 0. The van der Waals surface area contributed by atoms with Gasteiger partial charge in [-0.25, -0.2) is 0 Å². The largest absolute Gasteiger partial charge is 0.350 e. The van der Waals surface area contributed by atoms with Crippen molar-refractivity contribution < 1.29 is 4.79 Å². The number of carbonyl (C=O) groups excluding carboxylic acids is 1. The third-order valence-corrected chi connectivity index (χ3v) is 2.63. The van der Waals surface area contributed by atoms with Gasteiger partial charge in [0, 0.05) is 24.9 Å². The maximum atomic E-state index is 11.6. The minimum Gasteiger partial charge on any atom is -0.350 e. The van der Waals surface area contributed by atoms with Crippen LogP contribution in [0.15, 0.2) is 24.5 Å². The van der Waals surface area contributed by atoms with Gasteiger partial charge in [0.2, 0.25) is 5.91 Å². The molecule has 0 fully saturated rings. The van der Waals surface area contributed by atoms with Crippen molar-refractivity contribution in [3.05, 3.63) is 30.1 Å². The van der Waals surface area contributed by atoms with Crippen molar-refractivity contribution in [2.24, 2.45) is 5.73 Å². The van der Waals surface area contributed by atoms with Crippen molar-refractivity contribution in [1.29, 1.82) is 0 Å². The first kappa shape index (κ1) is 13.6. The predicted molar refractivity (Wildman–Crippen MR) is 68.3 cm³/mol. The first-order valence-electron chi connectivity index (χ1n) is 6.04. The van der Waals surface area contributed by atoms with Crippen molar-refractivity contribution in [2.45, 2.75) is 45.2 Å². The lowest BCUT2D eigenvalue weighted by atomic mass is 10.1. The van der Waals surface area contributed by atoms with Gasteiger partial charge >= 0.3 is 0 Å². The third-order valence-electron chi connectivity index (χ3n) is 2.63. The molecule has 0 aromatic carbocycles. The van der Waals surface area contributed by atoms with Crippen LogP contribution in [-0.4, -0.2) is 16.9 Å². The first-order valence-corrected chi connectivity index (χ1v) is 6.04. The molecule has 4 nitrogen and oxygen atoms in total. The van der Waals surface area contributed by atoms with Gasteiger partial charge in [0.05, 0.1) is 6.04 Å². The van der Waals surface area contributed by atoms with Gasteiger partial charge in [-0.05, 0) is 38.3 Å². The first-order chi connectivity index (χ1) is 8.09. The predicted octanol–water partition coefficient (Wildman–Crippen LogP) is 1.78. The van der Waals surface area contributed by atoms with Crippen LogP contribution in [0.4, 0.5) is 0 Å². The Balaban J connectivity index is 2.31. The van der Waals surface area contributed by atoms with E-state index in [1.165, 1.54) is 0 Å². The molecule has 1 heterocycles. The monoisotopic (exact) mass is 235 g/mol. The molecule has 0 aliphatic heterocycles. The zero-order valence-electron chi connectivity index (χ0n) is 10.5. The van der Waals surface area contributed by atoms with Gasteiger partial charge in [-0.2, -0.15) is 0 Å². The van der Waals surface area contributed by atoms with E-state index in [4.69, 9.17) is 5.73 Å². The topological polar surface area (TPSA) is 68.0 Å². The highest BCUT2D eigenvalue weighted by Crippen LogP contribution is 2.10. The van der Waals surface area contributed by atoms with Crippen molar-refractivity contribution >= 4 is 5.91 Å². The van der Waals surface area contributed by atoms with E-state index in [2.05, 4.69) is 10.3 Å². The van der Waals surface area contributed by atoms with E-state index < -0.39 is 0 Å². The molecule has 1 unspecified atom stereocenters. The Morgan fingerprint density at radius 1 is 1.53 bits per heavy atom. The number of carbonyl (C=O) groups is 1. The van der Waals surface area contributed by atoms with Crippen LogP contribution in [0.3, 0.4) is 0 Å². The van der Waals surface area contributed by atoms with Gasteiger partial charge in [-0.3, -0.25) is 9.78 Å². The smallest absolute Gasteiger partial charge is 0.220 e.